The Balaban J connectivity index is 1.96. The van der Waals surface area contributed by atoms with E-state index in [2.05, 4.69) is 58.4 Å². The minimum Gasteiger partial charge on any atom is -0.220 e. The molecule has 1 spiro atoms. The molecule has 1 fully saturated rings. The first-order valence-electron chi connectivity index (χ1n) is 7.98. The molecule has 0 bridgehead atoms. The highest BCUT2D eigenvalue weighted by Crippen LogP contribution is 2.44. The van der Waals surface area contributed by atoms with Crippen molar-refractivity contribution in [1.82, 2.24) is 14.1 Å². The highest BCUT2D eigenvalue weighted by molar-refractivity contribution is 5.97. The molecule has 4 rings (SSSR count). The lowest BCUT2D eigenvalue weighted by atomic mass is 9.78. The van der Waals surface area contributed by atoms with Gasteiger partial charge in [-0.2, -0.15) is 4.58 Å². The van der Waals surface area contributed by atoms with Crippen LogP contribution in [0.15, 0.2) is 36.7 Å². The minimum absolute atomic E-state index is 0.159. The summed E-state index contributed by atoms with van der Waals surface area (Å²) in [7, 11) is 0. The maximum Gasteiger partial charge on any atom is 0.404 e. The summed E-state index contributed by atoms with van der Waals surface area (Å²) in [4.78, 5) is 4.66. The maximum absolute atomic E-state index is 4.66. The van der Waals surface area contributed by atoms with Crippen LogP contribution in [0.3, 0.4) is 0 Å². The maximum atomic E-state index is 4.66. The predicted octanol–water partition coefficient (Wildman–Crippen LogP) is 4.16. The Bertz CT molecular complexity index is 718. The van der Waals surface area contributed by atoms with Gasteiger partial charge in [0.15, 0.2) is 0 Å². The van der Waals surface area contributed by atoms with E-state index in [1.54, 1.807) is 0 Å². The molecule has 2 aromatic rings. The van der Waals surface area contributed by atoms with Crippen molar-refractivity contribution in [2.24, 2.45) is 0 Å². The van der Waals surface area contributed by atoms with E-state index < -0.39 is 0 Å². The Morgan fingerprint density at radius 3 is 2.62 bits per heavy atom. The van der Waals surface area contributed by atoms with E-state index in [1.807, 2.05) is 6.20 Å². The first-order valence-corrected chi connectivity index (χ1v) is 7.98. The summed E-state index contributed by atoms with van der Waals surface area (Å²) in [5.74, 6) is 1.09. The van der Waals surface area contributed by atoms with Crippen molar-refractivity contribution in [2.45, 2.75) is 51.5 Å². The van der Waals surface area contributed by atoms with E-state index in [4.69, 9.17) is 0 Å². The third-order valence-corrected chi connectivity index (χ3v) is 5.33. The molecule has 0 unspecified atom stereocenters. The van der Waals surface area contributed by atoms with Gasteiger partial charge >= 0.3 is 5.95 Å². The van der Waals surface area contributed by atoms with Gasteiger partial charge in [-0.1, -0.05) is 29.6 Å². The summed E-state index contributed by atoms with van der Waals surface area (Å²) in [6.45, 7) is 4.48. The van der Waals surface area contributed by atoms with Crippen molar-refractivity contribution in [1.29, 1.82) is 0 Å². The standard InChI is InChI=1S/C18H22N3/c1-14-8-4-5-9-16(14)21-15(2)18(10-6-3-7-11-18)20-13-12-19-17(20)21/h4-5,8-9,12-13H,3,6-7,10-11H2,1-2H3/q+1. The third-order valence-electron chi connectivity index (χ3n) is 5.33. The number of hydrogen-bond acceptors (Lipinski definition) is 1. The second-order valence-corrected chi connectivity index (χ2v) is 6.40. The SMILES string of the molecule is CC1=[N+](c2ccccc2C)c2nccn2C12CCCCC2. The van der Waals surface area contributed by atoms with Crippen molar-refractivity contribution in [3.63, 3.8) is 0 Å². The number of benzene rings is 1. The summed E-state index contributed by atoms with van der Waals surface area (Å²) in [5, 5.41) is 0. The van der Waals surface area contributed by atoms with Crippen molar-refractivity contribution in [2.75, 3.05) is 0 Å². The van der Waals surface area contributed by atoms with E-state index in [-0.39, 0.29) is 5.54 Å². The van der Waals surface area contributed by atoms with Gasteiger partial charge in [-0.25, -0.2) is 4.57 Å². The molecule has 2 heterocycles. The fraction of sp³-hybridized carbons (Fsp3) is 0.444. The van der Waals surface area contributed by atoms with Crippen LogP contribution >= 0.6 is 0 Å². The molecular formula is C18H22N3+. The monoisotopic (exact) mass is 280 g/mol. The molecule has 2 aliphatic rings. The van der Waals surface area contributed by atoms with Crippen LogP contribution in [-0.2, 0) is 5.54 Å². The van der Waals surface area contributed by atoms with Gasteiger partial charge in [0, 0.05) is 0 Å². The normalized spacial score (nSPS) is 20.1. The van der Waals surface area contributed by atoms with Crippen LogP contribution in [0.4, 0.5) is 11.6 Å². The zero-order chi connectivity index (χ0) is 14.4. The molecule has 0 atom stereocenters. The second kappa shape index (κ2) is 4.55. The summed E-state index contributed by atoms with van der Waals surface area (Å²) < 4.78 is 4.80. The molecule has 1 aliphatic heterocycles. The van der Waals surface area contributed by atoms with Crippen LogP contribution in [0.1, 0.15) is 44.6 Å². The van der Waals surface area contributed by atoms with Crippen LogP contribution in [0, 0.1) is 6.92 Å². The zero-order valence-electron chi connectivity index (χ0n) is 12.8. The molecule has 3 heteroatoms. The first-order chi connectivity index (χ1) is 10.2. The molecule has 1 saturated carbocycles. The van der Waals surface area contributed by atoms with E-state index in [9.17, 15) is 0 Å². The van der Waals surface area contributed by atoms with Crippen LogP contribution in [0.5, 0.6) is 0 Å². The molecule has 0 N–H and O–H groups in total. The third kappa shape index (κ3) is 1.66. The van der Waals surface area contributed by atoms with E-state index in [0.29, 0.717) is 0 Å². The minimum atomic E-state index is 0.159. The number of aromatic nitrogens is 2. The molecule has 0 radical (unpaired) electrons. The van der Waals surface area contributed by atoms with Gasteiger partial charge in [0.25, 0.3) is 0 Å². The van der Waals surface area contributed by atoms with Gasteiger partial charge < -0.3 is 0 Å². The van der Waals surface area contributed by atoms with Crippen LogP contribution in [0.25, 0.3) is 0 Å². The smallest absolute Gasteiger partial charge is 0.220 e. The van der Waals surface area contributed by atoms with Crippen molar-refractivity contribution < 1.29 is 0 Å². The van der Waals surface area contributed by atoms with Gasteiger partial charge in [0.2, 0.25) is 0 Å². The fourth-order valence-corrected chi connectivity index (χ4v) is 4.17. The topological polar surface area (TPSA) is 20.8 Å². The Kier molecular flexibility index (Phi) is 2.78. The lowest BCUT2D eigenvalue weighted by Gasteiger charge is -2.31. The Labute approximate surface area is 126 Å². The first kappa shape index (κ1) is 12.8. The molecule has 108 valence electrons. The lowest BCUT2D eigenvalue weighted by Crippen LogP contribution is -2.40. The number of imidazole rings is 1. The molecule has 3 nitrogen and oxygen atoms in total. The molecular weight excluding hydrogens is 258 g/mol. The molecule has 1 aromatic heterocycles. The summed E-state index contributed by atoms with van der Waals surface area (Å²) >= 11 is 0. The number of nitrogens with zero attached hydrogens (tertiary/aromatic N) is 3. The zero-order valence-corrected chi connectivity index (χ0v) is 12.8. The fourth-order valence-electron chi connectivity index (χ4n) is 4.17. The highest BCUT2D eigenvalue weighted by Gasteiger charge is 2.50. The van der Waals surface area contributed by atoms with Crippen molar-refractivity contribution in [3.05, 3.63) is 42.2 Å². The Hall–Kier alpha value is -1.90. The molecule has 1 aliphatic carbocycles. The van der Waals surface area contributed by atoms with Gasteiger partial charge in [0.1, 0.15) is 23.6 Å². The van der Waals surface area contributed by atoms with Crippen LogP contribution in [-0.4, -0.2) is 15.3 Å². The number of rotatable bonds is 1. The van der Waals surface area contributed by atoms with Gasteiger partial charge in [-0.3, -0.25) is 0 Å². The van der Waals surface area contributed by atoms with Crippen molar-refractivity contribution in [3.8, 4) is 0 Å². The van der Waals surface area contributed by atoms with Crippen molar-refractivity contribution >= 4 is 17.3 Å². The summed E-state index contributed by atoms with van der Waals surface area (Å²) in [6.07, 6.45) is 10.6. The number of hydrogen-bond donors (Lipinski definition) is 0. The van der Waals surface area contributed by atoms with Gasteiger partial charge in [-0.15, -0.1) is 0 Å². The average Bonchev–Trinajstić information content (AvgIpc) is 3.06. The largest absolute Gasteiger partial charge is 0.404 e. The van der Waals surface area contributed by atoms with E-state index >= 15 is 0 Å². The van der Waals surface area contributed by atoms with E-state index in [0.717, 1.165) is 5.95 Å². The second-order valence-electron chi connectivity index (χ2n) is 6.40. The summed E-state index contributed by atoms with van der Waals surface area (Å²) in [5.41, 5.74) is 4.18. The number of aryl methyl sites for hydroxylation is 1. The highest BCUT2D eigenvalue weighted by atomic mass is 15.3. The summed E-state index contributed by atoms with van der Waals surface area (Å²) in [6, 6.07) is 8.61. The van der Waals surface area contributed by atoms with Gasteiger partial charge in [0.05, 0.1) is 5.71 Å². The van der Waals surface area contributed by atoms with Crippen LogP contribution in [0.2, 0.25) is 0 Å². The predicted molar refractivity (Wildman–Crippen MR) is 86.6 cm³/mol. The molecule has 0 amide bonds. The van der Waals surface area contributed by atoms with E-state index in [1.165, 1.54) is 49.1 Å². The quantitative estimate of drug-likeness (QED) is 0.718. The Morgan fingerprint density at radius 2 is 1.86 bits per heavy atom. The Morgan fingerprint density at radius 1 is 1.10 bits per heavy atom. The van der Waals surface area contributed by atoms with Gasteiger partial charge in [-0.05, 0) is 51.2 Å². The number of para-hydroxylation sites is 1. The molecule has 1 aromatic carbocycles. The number of fused-ring (bicyclic) bond motifs is 2. The average molecular weight is 280 g/mol. The molecule has 0 saturated heterocycles. The molecule has 21 heavy (non-hydrogen) atoms. The lowest BCUT2D eigenvalue weighted by molar-refractivity contribution is 0.292. The van der Waals surface area contributed by atoms with Crippen LogP contribution < -0.4 is 4.58 Å².